The molecule has 2 heterocycles. The molecule has 2 aromatic carbocycles. The minimum absolute atomic E-state index is 0.0101. The number of nitrogens with zero attached hydrogens (tertiary/aromatic N) is 1. The largest absolute Gasteiger partial charge is 0.416 e. The van der Waals surface area contributed by atoms with E-state index in [9.17, 15) is 31.1 Å². The Labute approximate surface area is 202 Å². The van der Waals surface area contributed by atoms with Crippen LogP contribution in [-0.2, 0) is 28.2 Å². The van der Waals surface area contributed by atoms with E-state index in [0.29, 0.717) is 36.8 Å². The number of ether oxygens (including phenoxy) is 2. The summed E-state index contributed by atoms with van der Waals surface area (Å²) in [4.78, 5) is 14.7. The van der Waals surface area contributed by atoms with E-state index in [1.807, 2.05) is 13.0 Å². The Morgan fingerprint density at radius 2 is 1.63 bits per heavy atom. The normalized spacial score (nSPS) is 20.5. The molecule has 0 bridgehead atoms. The van der Waals surface area contributed by atoms with Crippen LogP contribution in [0.2, 0.25) is 5.02 Å². The molecule has 2 saturated heterocycles. The van der Waals surface area contributed by atoms with Crippen LogP contribution in [-0.4, -0.2) is 42.4 Å². The molecule has 2 aliphatic rings. The average Bonchev–Trinajstić information content (AvgIpc) is 3.22. The van der Waals surface area contributed by atoms with Gasteiger partial charge in [0, 0.05) is 36.0 Å². The van der Waals surface area contributed by atoms with Gasteiger partial charge in [-0.2, -0.15) is 26.3 Å². The molecule has 190 valence electrons. The topological polar surface area (TPSA) is 38.8 Å². The number of benzene rings is 2. The molecule has 0 aliphatic carbocycles. The minimum atomic E-state index is -5.05. The van der Waals surface area contributed by atoms with Crippen molar-refractivity contribution in [2.75, 3.05) is 19.8 Å². The quantitative estimate of drug-likeness (QED) is 0.447. The molecule has 2 aliphatic heterocycles. The maximum Gasteiger partial charge on any atom is 0.416 e. The second-order valence-electron chi connectivity index (χ2n) is 8.80. The molecule has 35 heavy (non-hydrogen) atoms. The number of hydrogen-bond acceptors (Lipinski definition) is 3. The molecule has 2 aromatic rings. The smallest absolute Gasteiger partial charge is 0.347 e. The zero-order valence-corrected chi connectivity index (χ0v) is 19.4. The van der Waals surface area contributed by atoms with Crippen LogP contribution in [0, 0.1) is 6.92 Å². The van der Waals surface area contributed by atoms with Crippen molar-refractivity contribution in [2.24, 2.45) is 0 Å². The van der Waals surface area contributed by atoms with Crippen molar-refractivity contribution in [3.63, 3.8) is 0 Å². The highest BCUT2D eigenvalue weighted by Gasteiger charge is 2.46. The maximum atomic E-state index is 13.4. The fourth-order valence-corrected chi connectivity index (χ4v) is 4.72. The van der Waals surface area contributed by atoms with Gasteiger partial charge in [0.25, 0.3) is 5.91 Å². The Morgan fingerprint density at radius 3 is 2.17 bits per heavy atom. The molecule has 11 heteroatoms. The monoisotopic (exact) mass is 521 g/mol. The lowest BCUT2D eigenvalue weighted by Crippen LogP contribution is -2.54. The van der Waals surface area contributed by atoms with Gasteiger partial charge in [0.05, 0.1) is 24.3 Å². The summed E-state index contributed by atoms with van der Waals surface area (Å²) in [6.07, 6.45) is -9.32. The Bertz CT molecular complexity index is 1080. The van der Waals surface area contributed by atoms with Crippen molar-refractivity contribution in [1.29, 1.82) is 0 Å². The Hall–Kier alpha value is -2.30. The van der Waals surface area contributed by atoms with Crippen molar-refractivity contribution in [3.05, 3.63) is 69.2 Å². The number of piperidine rings is 1. The summed E-state index contributed by atoms with van der Waals surface area (Å²) < 4.78 is 91.6. The highest BCUT2D eigenvalue weighted by molar-refractivity contribution is 6.31. The molecular weight excluding hydrogens is 500 g/mol. The second-order valence-corrected chi connectivity index (χ2v) is 9.20. The third-order valence-corrected chi connectivity index (χ3v) is 6.75. The number of hydrogen-bond donors (Lipinski definition) is 0. The van der Waals surface area contributed by atoms with Crippen LogP contribution in [0.3, 0.4) is 0 Å². The molecule has 2 fully saturated rings. The van der Waals surface area contributed by atoms with Crippen molar-refractivity contribution in [1.82, 2.24) is 4.90 Å². The van der Waals surface area contributed by atoms with E-state index >= 15 is 0 Å². The van der Waals surface area contributed by atoms with Gasteiger partial charge in [-0.05, 0) is 48.7 Å². The van der Waals surface area contributed by atoms with Crippen LogP contribution in [0.4, 0.5) is 26.3 Å². The first-order valence-corrected chi connectivity index (χ1v) is 11.3. The fraction of sp³-hybridized carbons (Fsp3) is 0.458. The molecule has 4 nitrogen and oxygen atoms in total. The molecule has 0 aromatic heterocycles. The minimum Gasteiger partial charge on any atom is -0.347 e. The molecule has 1 amide bonds. The lowest BCUT2D eigenvalue weighted by atomic mass is 9.90. The highest BCUT2D eigenvalue weighted by Crippen LogP contribution is 2.39. The van der Waals surface area contributed by atoms with Crippen LogP contribution in [0.5, 0.6) is 0 Å². The van der Waals surface area contributed by atoms with E-state index in [-0.39, 0.29) is 25.5 Å². The van der Waals surface area contributed by atoms with Crippen molar-refractivity contribution >= 4 is 17.5 Å². The molecule has 4 rings (SSSR count). The van der Waals surface area contributed by atoms with Crippen molar-refractivity contribution in [2.45, 2.75) is 50.4 Å². The summed E-state index contributed by atoms with van der Waals surface area (Å²) in [5.41, 5.74) is -2.12. The maximum absolute atomic E-state index is 13.4. The fourth-order valence-electron chi connectivity index (χ4n) is 4.60. The van der Waals surface area contributed by atoms with Gasteiger partial charge in [0.15, 0.2) is 5.79 Å². The Morgan fingerprint density at radius 1 is 1.03 bits per heavy atom. The van der Waals surface area contributed by atoms with Crippen molar-refractivity contribution < 1.29 is 40.6 Å². The Kier molecular flexibility index (Phi) is 6.85. The predicted molar refractivity (Wildman–Crippen MR) is 115 cm³/mol. The van der Waals surface area contributed by atoms with Crippen LogP contribution < -0.4 is 0 Å². The summed E-state index contributed by atoms with van der Waals surface area (Å²) in [6, 6.07) is 5.65. The summed E-state index contributed by atoms with van der Waals surface area (Å²) in [6.45, 7) is 2.59. The number of carbonyl (C=O) groups is 1. The zero-order chi connectivity index (χ0) is 25.6. The number of amides is 1. The first-order valence-electron chi connectivity index (χ1n) is 10.9. The van der Waals surface area contributed by atoms with E-state index in [2.05, 4.69) is 0 Å². The first kappa shape index (κ1) is 25.8. The van der Waals surface area contributed by atoms with Gasteiger partial charge in [-0.15, -0.1) is 0 Å². The summed E-state index contributed by atoms with van der Waals surface area (Å²) in [5, 5.41) is 0.549. The number of likely N-dealkylation sites (tertiary alicyclic amines) is 1. The molecule has 1 atom stereocenters. The van der Waals surface area contributed by atoms with Crippen LogP contribution in [0.1, 0.15) is 45.5 Å². The standard InChI is InChI=1S/C24H22ClF6NO3/c1-14-8-15(2-3-20(14)25)9-19-13-22(34-6-7-35-22)4-5-32(19)21(33)16-10-17(23(26,27)28)12-18(11-16)24(29,30)31/h2-3,8,10-12,19H,4-7,9,13H2,1H3. The number of halogens is 7. The van der Waals surface area contributed by atoms with Gasteiger partial charge < -0.3 is 14.4 Å². The van der Waals surface area contributed by atoms with Crippen LogP contribution in [0.25, 0.3) is 0 Å². The van der Waals surface area contributed by atoms with E-state index in [0.717, 1.165) is 11.1 Å². The van der Waals surface area contributed by atoms with Gasteiger partial charge in [0.2, 0.25) is 0 Å². The zero-order valence-electron chi connectivity index (χ0n) is 18.6. The lowest BCUT2D eigenvalue weighted by molar-refractivity contribution is -0.191. The van der Waals surface area contributed by atoms with Crippen LogP contribution in [0.15, 0.2) is 36.4 Å². The summed E-state index contributed by atoms with van der Waals surface area (Å²) in [5.74, 6) is -1.85. The SMILES string of the molecule is Cc1cc(CC2CC3(CCN2C(=O)c2cc(C(F)(F)F)cc(C(F)(F)F)c2)OCCO3)ccc1Cl. The van der Waals surface area contributed by atoms with Crippen molar-refractivity contribution in [3.8, 4) is 0 Å². The molecule has 1 unspecified atom stereocenters. The second kappa shape index (κ2) is 9.29. The predicted octanol–water partition coefficient (Wildman–Crippen LogP) is 6.28. The van der Waals surface area contributed by atoms with Gasteiger partial charge in [-0.1, -0.05) is 23.7 Å². The molecule has 0 saturated carbocycles. The lowest BCUT2D eigenvalue weighted by Gasteiger charge is -2.44. The molecule has 0 N–H and O–H groups in total. The number of alkyl halides is 6. The number of aryl methyl sites for hydroxylation is 1. The van der Waals surface area contributed by atoms with Crippen LogP contribution >= 0.6 is 11.6 Å². The first-order chi connectivity index (χ1) is 16.3. The van der Waals surface area contributed by atoms with E-state index in [1.165, 1.54) is 4.90 Å². The third-order valence-electron chi connectivity index (χ3n) is 6.32. The van der Waals surface area contributed by atoms with Gasteiger partial charge >= 0.3 is 12.4 Å². The van der Waals surface area contributed by atoms with E-state index in [1.54, 1.807) is 12.1 Å². The summed E-state index contributed by atoms with van der Waals surface area (Å²) >= 11 is 6.10. The van der Waals surface area contributed by atoms with E-state index < -0.39 is 46.8 Å². The highest BCUT2D eigenvalue weighted by atomic mass is 35.5. The molecule has 1 spiro atoms. The summed E-state index contributed by atoms with van der Waals surface area (Å²) in [7, 11) is 0. The average molecular weight is 522 g/mol. The Balaban J connectivity index is 1.70. The molecular formula is C24H22ClF6NO3. The third kappa shape index (κ3) is 5.59. The number of rotatable bonds is 3. The van der Waals surface area contributed by atoms with E-state index in [4.69, 9.17) is 21.1 Å². The number of carbonyl (C=O) groups excluding carboxylic acids is 1. The van der Waals surface area contributed by atoms with Gasteiger partial charge in [-0.3, -0.25) is 4.79 Å². The van der Waals surface area contributed by atoms with Gasteiger partial charge in [-0.25, -0.2) is 0 Å². The van der Waals surface area contributed by atoms with Gasteiger partial charge in [0.1, 0.15) is 0 Å². The molecule has 0 radical (unpaired) electrons.